The molecule has 0 unspecified atom stereocenters. The van der Waals surface area contributed by atoms with Crippen LogP contribution in [0, 0.1) is 10.1 Å². The number of nitro groups is 1. The van der Waals surface area contributed by atoms with Gasteiger partial charge < -0.3 is 5.11 Å². The third-order valence-electron chi connectivity index (χ3n) is 3.14. The zero-order chi connectivity index (χ0) is 16.7. The molecule has 0 aromatic carbocycles. The number of amides is 1. The zero-order valence-electron chi connectivity index (χ0n) is 11.1. The van der Waals surface area contributed by atoms with E-state index in [1.165, 1.54) is 6.92 Å². The number of aliphatic hydroxyl groups is 1. The van der Waals surface area contributed by atoms with E-state index in [0.29, 0.717) is 0 Å². The summed E-state index contributed by atoms with van der Waals surface area (Å²) in [4.78, 5) is 21.9. The lowest BCUT2D eigenvalue weighted by Gasteiger charge is -2.33. The van der Waals surface area contributed by atoms with Crippen molar-refractivity contribution >= 4 is 17.8 Å². The van der Waals surface area contributed by atoms with Gasteiger partial charge in [0.2, 0.25) is 0 Å². The summed E-state index contributed by atoms with van der Waals surface area (Å²) in [5.74, 6) is -1.20. The number of carbonyl (C=O) groups is 1. The molecule has 0 saturated carbocycles. The summed E-state index contributed by atoms with van der Waals surface area (Å²) in [7, 11) is 0. The van der Waals surface area contributed by atoms with Crippen LogP contribution in [0.1, 0.15) is 19.4 Å². The number of rotatable bonds is 3. The Hall–Kier alpha value is -2.50. The van der Waals surface area contributed by atoms with E-state index in [1.54, 1.807) is 0 Å². The molecule has 2 atom stereocenters. The van der Waals surface area contributed by atoms with Crippen LogP contribution in [0.4, 0.5) is 18.9 Å². The summed E-state index contributed by atoms with van der Waals surface area (Å²) in [6.07, 6.45) is -3.48. The Labute approximate surface area is 120 Å². The van der Waals surface area contributed by atoms with Crippen LogP contribution in [-0.4, -0.2) is 48.8 Å². The third kappa shape index (κ3) is 2.41. The lowest BCUT2D eigenvalue weighted by Crippen LogP contribution is -2.57. The average Bonchev–Trinajstić information content (AvgIpc) is 3.03. The van der Waals surface area contributed by atoms with Crippen molar-refractivity contribution in [2.75, 3.05) is 0 Å². The predicted octanol–water partition coefficient (Wildman–Crippen LogP) is 0.821. The number of halogens is 3. The molecule has 1 N–H and O–H groups in total. The Morgan fingerprint density at radius 2 is 2.23 bits per heavy atom. The quantitative estimate of drug-likeness (QED) is 0.654. The third-order valence-corrected chi connectivity index (χ3v) is 3.14. The largest absolute Gasteiger partial charge is 0.438 e. The van der Waals surface area contributed by atoms with E-state index < -0.39 is 40.9 Å². The van der Waals surface area contributed by atoms with E-state index in [4.69, 9.17) is 0 Å². The van der Waals surface area contributed by atoms with Crippen LogP contribution in [0.5, 0.6) is 0 Å². The van der Waals surface area contributed by atoms with Crippen LogP contribution in [0.2, 0.25) is 0 Å². The first-order chi connectivity index (χ1) is 10.1. The average molecular weight is 321 g/mol. The second-order valence-electron chi connectivity index (χ2n) is 4.58. The van der Waals surface area contributed by atoms with Gasteiger partial charge in [0.05, 0.1) is 4.92 Å². The molecule has 0 fully saturated rings. The van der Waals surface area contributed by atoms with Gasteiger partial charge in [0.1, 0.15) is 18.4 Å². The summed E-state index contributed by atoms with van der Waals surface area (Å²) in [5, 5.41) is 26.9. The first-order valence-corrected chi connectivity index (χ1v) is 5.92. The molecule has 120 valence electrons. The topological polar surface area (TPSA) is 114 Å². The normalized spacial score (nSPS) is 22.9. The Kier molecular flexibility index (Phi) is 3.64. The molecule has 2 heterocycles. The molecular formula is C10H10F3N5O4. The highest BCUT2D eigenvalue weighted by Crippen LogP contribution is 2.39. The number of nitrogens with zero attached hydrogens (tertiary/aromatic N) is 5. The molecule has 2 rings (SSSR count). The fourth-order valence-electron chi connectivity index (χ4n) is 1.83. The van der Waals surface area contributed by atoms with Crippen molar-refractivity contribution in [3.63, 3.8) is 0 Å². The van der Waals surface area contributed by atoms with Crippen molar-refractivity contribution in [2.24, 2.45) is 5.10 Å². The Morgan fingerprint density at radius 1 is 1.59 bits per heavy atom. The van der Waals surface area contributed by atoms with Crippen molar-refractivity contribution in [1.82, 2.24) is 14.8 Å². The van der Waals surface area contributed by atoms with E-state index >= 15 is 0 Å². The van der Waals surface area contributed by atoms with E-state index in [2.05, 4.69) is 10.2 Å². The molecule has 22 heavy (non-hydrogen) atoms. The van der Waals surface area contributed by atoms with Crippen molar-refractivity contribution in [3.8, 4) is 0 Å². The van der Waals surface area contributed by atoms with Crippen molar-refractivity contribution in [2.45, 2.75) is 31.3 Å². The molecular weight excluding hydrogens is 311 g/mol. The lowest BCUT2D eigenvalue weighted by molar-refractivity contribution is -0.385. The highest BCUT2D eigenvalue weighted by atomic mass is 19.4. The highest BCUT2D eigenvalue weighted by molar-refractivity contribution is 5.83. The molecule has 0 saturated heterocycles. The second kappa shape index (κ2) is 5.05. The molecule has 12 heteroatoms. The zero-order valence-corrected chi connectivity index (χ0v) is 11.1. The number of alkyl halides is 3. The minimum absolute atomic E-state index is 0.0782. The van der Waals surface area contributed by atoms with Crippen molar-refractivity contribution in [3.05, 3.63) is 22.5 Å². The van der Waals surface area contributed by atoms with Crippen LogP contribution in [0.15, 0.2) is 17.5 Å². The summed E-state index contributed by atoms with van der Waals surface area (Å²) >= 11 is 0. The van der Waals surface area contributed by atoms with Crippen molar-refractivity contribution in [1.29, 1.82) is 0 Å². The molecule has 1 aromatic heterocycles. The maximum atomic E-state index is 12.9. The first-order valence-electron chi connectivity index (χ1n) is 5.92. The molecule has 0 bridgehead atoms. The predicted molar refractivity (Wildman–Crippen MR) is 64.6 cm³/mol. The number of hydrogen-bond acceptors (Lipinski definition) is 6. The van der Waals surface area contributed by atoms with Crippen LogP contribution in [-0.2, 0) is 4.79 Å². The van der Waals surface area contributed by atoms with Gasteiger partial charge in [0, 0.05) is 12.6 Å². The molecule has 0 spiro atoms. The Balaban J connectivity index is 2.26. The van der Waals surface area contributed by atoms with Gasteiger partial charge in [0.15, 0.2) is 0 Å². The highest BCUT2D eigenvalue weighted by Gasteiger charge is 2.62. The van der Waals surface area contributed by atoms with Crippen LogP contribution in [0.3, 0.4) is 0 Å². The molecule has 0 aliphatic carbocycles. The van der Waals surface area contributed by atoms with E-state index in [9.17, 15) is 33.2 Å². The molecule has 1 aliphatic heterocycles. The van der Waals surface area contributed by atoms with Crippen LogP contribution < -0.4 is 0 Å². The molecule has 0 radical (unpaired) electrons. The van der Waals surface area contributed by atoms with Gasteiger partial charge in [-0.1, -0.05) is 0 Å². The maximum absolute atomic E-state index is 12.9. The molecule has 9 nitrogen and oxygen atoms in total. The minimum Gasteiger partial charge on any atom is -0.362 e. The van der Waals surface area contributed by atoms with Gasteiger partial charge >= 0.3 is 11.9 Å². The number of hydrogen-bond donors (Lipinski definition) is 1. The van der Waals surface area contributed by atoms with E-state index in [-0.39, 0.29) is 5.01 Å². The SMILES string of the molecule is C[C@H](C(=O)N1N=CC[C@]1(O)C(F)(F)F)n1cc([N+](=O)[O-])cn1. The summed E-state index contributed by atoms with van der Waals surface area (Å²) < 4.78 is 39.5. The molecule has 1 aromatic rings. The van der Waals surface area contributed by atoms with Gasteiger partial charge in [-0.25, -0.2) is 0 Å². The van der Waals surface area contributed by atoms with Gasteiger partial charge in [-0.3, -0.25) is 19.6 Å². The van der Waals surface area contributed by atoms with Crippen LogP contribution in [0.25, 0.3) is 0 Å². The standard InChI is InChI=1S/C10H10F3N5O4/c1-6(16-5-7(4-15-16)18(21)22)8(19)17-9(20,2-3-14-17)10(11,12)13/h3-6,20H,2H2,1H3/t6-,9+/m1/s1. The van der Waals surface area contributed by atoms with Gasteiger partial charge in [-0.15, -0.1) is 0 Å². The van der Waals surface area contributed by atoms with Crippen LogP contribution >= 0.6 is 0 Å². The number of hydrazone groups is 1. The maximum Gasteiger partial charge on any atom is 0.438 e. The Morgan fingerprint density at radius 3 is 2.73 bits per heavy atom. The monoisotopic (exact) mass is 321 g/mol. The van der Waals surface area contributed by atoms with Gasteiger partial charge in [-0.2, -0.15) is 28.4 Å². The lowest BCUT2D eigenvalue weighted by atomic mass is 10.1. The van der Waals surface area contributed by atoms with Gasteiger partial charge in [-0.05, 0) is 6.92 Å². The minimum atomic E-state index is -5.10. The molecule has 1 amide bonds. The van der Waals surface area contributed by atoms with E-state index in [0.717, 1.165) is 23.3 Å². The van der Waals surface area contributed by atoms with Crippen molar-refractivity contribution < 1.29 is 28.0 Å². The fourth-order valence-corrected chi connectivity index (χ4v) is 1.83. The molecule has 1 aliphatic rings. The fraction of sp³-hybridized carbons (Fsp3) is 0.500. The second-order valence-corrected chi connectivity index (χ2v) is 4.58. The first kappa shape index (κ1) is 15.9. The Bertz CT molecular complexity index is 643. The van der Waals surface area contributed by atoms with E-state index in [1.807, 2.05) is 0 Å². The summed E-state index contributed by atoms with van der Waals surface area (Å²) in [6.45, 7) is 1.18. The smallest absolute Gasteiger partial charge is 0.362 e. The summed E-state index contributed by atoms with van der Waals surface area (Å²) in [5.41, 5.74) is -3.85. The summed E-state index contributed by atoms with van der Waals surface area (Å²) in [6, 6.07) is -1.32. The number of carbonyl (C=O) groups excluding carboxylic acids is 1. The van der Waals surface area contributed by atoms with Gasteiger partial charge in [0.25, 0.3) is 11.6 Å². The number of aromatic nitrogens is 2.